The fraction of sp³-hybridized carbons (Fsp3) is 0.615. The molecule has 102 valence electrons. The van der Waals surface area contributed by atoms with Crippen LogP contribution >= 0.6 is 23.7 Å². The van der Waals surface area contributed by atoms with Crippen LogP contribution in [0.15, 0.2) is 16.8 Å². The van der Waals surface area contributed by atoms with Crippen LogP contribution in [0.4, 0.5) is 0 Å². The van der Waals surface area contributed by atoms with Crippen LogP contribution in [0.25, 0.3) is 0 Å². The van der Waals surface area contributed by atoms with Gasteiger partial charge in [-0.1, -0.05) is 0 Å². The summed E-state index contributed by atoms with van der Waals surface area (Å²) in [5.41, 5.74) is 7.00. The summed E-state index contributed by atoms with van der Waals surface area (Å²) in [5, 5.41) is 4.17. The van der Waals surface area contributed by atoms with Crippen molar-refractivity contribution in [2.75, 3.05) is 13.1 Å². The monoisotopic (exact) mass is 288 g/mol. The fourth-order valence-corrected chi connectivity index (χ4v) is 3.11. The van der Waals surface area contributed by atoms with E-state index >= 15 is 0 Å². The summed E-state index contributed by atoms with van der Waals surface area (Å²) >= 11 is 1.69. The van der Waals surface area contributed by atoms with E-state index in [1.54, 1.807) is 11.3 Å². The van der Waals surface area contributed by atoms with Gasteiger partial charge in [0, 0.05) is 25.6 Å². The standard InChI is InChI=1S/C13H20N2OS.ClH/c14-9-12-3-1-2-7-15(12)13(16)5-4-11-6-8-17-10-11;/h6,8,10,12H,1-5,7,9,14H2;1H. The topological polar surface area (TPSA) is 46.3 Å². The highest BCUT2D eigenvalue weighted by Gasteiger charge is 2.24. The second kappa shape index (κ2) is 7.77. The lowest BCUT2D eigenvalue weighted by molar-refractivity contribution is -0.134. The molecule has 1 aromatic rings. The molecule has 0 radical (unpaired) electrons. The number of hydrogen-bond donors (Lipinski definition) is 1. The van der Waals surface area contributed by atoms with E-state index in [-0.39, 0.29) is 24.4 Å². The molecule has 1 fully saturated rings. The molecule has 0 aromatic carbocycles. The molecule has 5 heteroatoms. The number of amides is 1. The number of nitrogens with two attached hydrogens (primary N) is 1. The average Bonchev–Trinajstić information content (AvgIpc) is 2.89. The Labute approximate surface area is 119 Å². The number of hydrogen-bond acceptors (Lipinski definition) is 3. The summed E-state index contributed by atoms with van der Waals surface area (Å²) in [4.78, 5) is 14.1. The zero-order valence-corrected chi connectivity index (χ0v) is 12.1. The maximum absolute atomic E-state index is 12.1. The van der Waals surface area contributed by atoms with Crippen LogP contribution in [-0.2, 0) is 11.2 Å². The number of carbonyl (C=O) groups is 1. The Morgan fingerprint density at radius 1 is 1.50 bits per heavy atom. The normalized spacial score (nSPS) is 19.4. The molecule has 0 saturated carbocycles. The SMILES string of the molecule is Cl.NCC1CCCCN1C(=O)CCc1ccsc1. The molecule has 0 spiro atoms. The first-order valence-electron chi connectivity index (χ1n) is 6.32. The van der Waals surface area contributed by atoms with Gasteiger partial charge in [-0.2, -0.15) is 11.3 Å². The summed E-state index contributed by atoms with van der Waals surface area (Å²) in [5.74, 6) is 0.270. The summed E-state index contributed by atoms with van der Waals surface area (Å²) < 4.78 is 0. The van der Waals surface area contributed by atoms with Gasteiger partial charge in [-0.05, 0) is 48.1 Å². The molecule has 1 aromatic heterocycles. The maximum Gasteiger partial charge on any atom is 0.223 e. The second-order valence-corrected chi connectivity index (χ2v) is 5.38. The van der Waals surface area contributed by atoms with Crippen LogP contribution in [0.3, 0.4) is 0 Å². The molecule has 2 rings (SSSR count). The van der Waals surface area contributed by atoms with Gasteiger partial charge in [-0.3, -0.25) is 4.79 Å². The van der Waals surface area contributed by atoms with Crippen molar-refractivity contribution in [2.45, 2.75) is 38.1 Å². The molecular weight excluding hydrogens is 268 g/mol. The van der Waals surface area contributed by atoms with Crippen molar-refractivity contribution < 1.29 is 4.79 Å². The first kappa shape index (κ1) is 15.5. The van der Waals surface area contributed by atoms with E-state index in [4.69, 9.17) is 5.73 Å². The fourth-order valence-electron chi connectivity index (χ4n) is 2.40. The van der Waals surface area contributed by atoms with E-state index in [1.165, 1.54) is 12.0 Å². The lowest BCUT2D eigenvalue weighted by atomic mass is 10.0. The third-order valence-electron chi connectivity index (χ3n) is 3.43. The second-order valence-electron chi connectivity index (χ2n) is 4.60. The van der Waals surface area contributed by atoms with Crippen molar-refractivity contribution in [1.82, 2.24) is 4.90 Å². The molecule has 1 atom stereocenters. The first-order chi connectivity index (χ1) is 8.31. The van der Waals surface area contributed by atoms with Crippen LogP contribution in [0.5, 0.6) is 0 Å². The third-order valence-corrected chi connectivity index (χ3v) is 4.16. The number of aryl methyl sites for hydroxylation is 1. The average molecular weight is 289 g/mol. The zero-order chi connectivity index (χ0) is 12.1. The van der Waals surface area contributed by atoms with Crippen molar-refractivity contribution in [3.8, 4) is 0 Å². The molecule has 1 aliphatic rings. The van der Waals surface area contributed by atoms with Gasteiger partial charge in [0.1, 0.15) is 0 Å². The van der Waals surface area contributed by atoms with Crippen molar-refractivity contribution in [1.29, 1.82) is 0 Å². The minimum Gasteiger partial charge on any atom is -0.338 e. The Balaban J connectivity index is 0.00000162. The number of carbonyl (C=O) groups excluding carboxylic acids is 1. The van der Waals surface area contributed by atoms with Crippen LogP contribution in [-0.4, -0.2) is 29.9 Å². The molecule has 18 heavy (non-hydrogen) atoms. The zero-order valence-electron chi connectivity index (χ0n) is 10.5. The molecule has 0 bridgehead atoms. The van der Waals surface area contributed by atoms with Crippen LogP contribution in [0.1, 0.15) is 31.2 Å². The summed E-state index contributed by atoms with van der Waals surface area (Å²) in [7, 11) is 0. The highest BCUT2D eigenvalue weighted by atomic mass is 35.5. The van der Waals surface area contributed by atoms with Gasteiger partial charge >= 0.3 is 0 Å². The van der Waals surface area contributed by atoms with Crippen molar-refractivity contribution in [3.05, 3.63) is 22.4 Å². The maximum atomic E-state index is 12.1. The molecular formula is C13H21ClN2OS. The molecule has 2 N–H and O–H groups in total. The summed E-state index contributed by atoms with van der Waals surface area (Å²) in [6.07, 6.45) is 4.88. The Hall–Kier alpha value is -0.580. The molecule has 0 aliphatic carbocycles. The smallest absolute Gasteiger partial charge is 0.223 e. The number of likely N-dealkylation sites (tertiary alicyclic amines) is 1. The van der Waals surface area contributed by atoms with Crippen molar-refractivity contribution in [3.63, 3.8) is 0 Å². The number of halogens is 1. The molecule has 1 amide bonds. The minimum absolute atomic E-state index is 0. The number of nitrogens with zero attached hydrogens (tertiary/aromatic N) is 1. The van der Waals surface area contributed by atoms with E-state index < -0.39 is 0 Å². The highest BCUT2D eigenvalue weighted by molar-refractivity contribution is 7.07. The lowest BCUT2D eigenvalue weighted by Gasteiger charge is -2.35. The quantitative estimate of drug-likeness (QED) is 0.925. The van der Waals surface area contributed by atoms with E-state index in [9.17, 15) is 4.79 Å². The molecule has 1 aliphatic heterocycles. The predicted molar refractivity (Wildman–Crippen MR) is 78.3 cm³/mol. The summed E-state index contributed by atoms with van der Waals surface area (Å²) in [6.45, 7) is 1.49. The Kier molecular flexibility index (Phi) is 6.68. The van der Waals surface area contributed by atoms with Gasteiger partial charge in [-0.15, -0.1) is 12.4 Å². The number of piperidine rings is 1. The van der Waals surface area contributed by atoms with Gasteiger partial charge < -0.3 is 10.6 Å². The number of thiophene rings is 1. The van der Waals surface area contributed by atoms with E-state index in [0.29, 0.717) is 13.0 Å². The molecule has 2 heterocycles. The third kappa shape index (κ3) is 3.97. The van der Waals surface area contributed by atoms with E-state index in [0.717, 1.165) is 25.8 Å². The summed E-state index contributed by atoms with van der Waals surface area (Å²) in [6, 6.07) is 2.37. The molecule has 1 saturated heterocycles. The van der Waals surface area contributed by atoms with Crippen molar-refractivity contribution in [2.24, 2.45) is 5.73 Å². The van der Waals surface area contributed by atoms with Crippen LogP contribution < -0.4 is 5.73 Å². The predicted octanol–water partition coefficient (Wildman–Crippen LogP) is 2.44. The Morgan fingerprint density at radius 2 is 2.33 bits per heavy atom. The van der Waals surface area contributed by atoms with Crippen molar-refractivity contribution >= 4 is 29.7 Å². The van der Waals surface area contributed by atoms with E-state index in [2.05, 4.69) is 16.8 Å². The highest BCUT2D eigenvalue weighted by Crippen LogP contribution is 2.18. The minimum atomic E-state index is 0. The van der Waals surface area contributed by atoms with Gasteiger partial charge in [0.15, 0.2) is 0 Å². The van der Waals surface area contributed by atoms with Gasteiger partial charge in [-0.25, -0.2) is 0 Å². The lowest BCUT2D eigenvalue weighted by Crippen LogP contribution is -2.47. The van der Waals surface area contributed by atoms with Gasteiger partial charge in [0.05, 0.1) is 0 Å². The van der Waals surface area contributed by atoms with Crippen LogP contribution in [0.2, 0.25) is 0 Å². The molecule has 1 unspecified atom stereocenters. The molecule has 3 nitrogen and oxygen atoms in total. The van der Waals surface area contributed by atoms with Gasteiger partial charge in [0.2, 0.25) is 5.91 Å². The Bertz CT molecular complexity index is 356. The van der Waals surface area contributed by atoms with E-state index in [1.807, 2.05) is 4.90 Å². The van der Waals surface area contributed by atoms with Gasteiger partial charge in [0.25, 0.3) is 0 Å². The van der Waals surface area contributed by atoms with Crippen LogP contribution in [0, 0.1) is 0 Å². The Morgan fingerprint density at radius 3 is 3.00 bits per heavy atom. The number of rotatable bonds is 4. The first-order valence-corrected chi connectivity index (χ1v) is 7.26. The largest absolute Gasteiger partial charge is 0.338 e.